The lowest BCUT2D eigenvalue weighted by molar-refractivity contribution is 0.521. The molecule has 0 aliphatic carbocycles. The molecule has 0 aliphatic heterocycles. The molecule has 0 N–H and O–H groups in total. The quantitative estimate of drug-likeness (QED) is 0.278. The fourth-order valence-electron chi connectivity index (χ4n) is 3.09. The van der Waals surface area contributed by atoms with Crippen LogP contribution in [0.15, 0.2) is 44.0 Å². The molecule has 0 bridgehead atoms. The Morgan fingerprint density at radius 1 is 1.00 bits per heavy atom. The first kappa shape index (κ1) is 17.2. The third kappa shape index (κ3) is 3.39. The van der Waals surface area contributed by atoms with E-state index in [9.17, 15) is 9.18 Å². The summed E-state index contributed by atoms with van der Waals surface area (Å²) in [6.07, 6.45) is 6.32. The first-order chi connectivity index (χ1) is 11.6. The maximum Gasteiger partial charge on any atom is 0.344 e. The number of halogens is 2. The largest absolute Gasteiger partial charge is 0.419 e. The van der Waals surface area contributed by atoms with Crippen molar-refractivity contribution in [1.29, 1.82) is 0 Å². The Labute approximate surface area is 148 Å². The highest BCUT2D eigenvalue weighted by atomic mass is 79.9. The standard InChI is InChI=1S/C20H20BrFO2/c1-2-3-4-5-6-7-13-8-10-16-15-11-9-14(21)12-17(15)20(23)24-19(16)18(13)22/h8-12H,2-7H2,1H3. The van der Waals surface area contributed by atoms with Crippen molar-refractivity contribution >= 4 is 37.7 Å². The average Bonchev–Trinajstić information content (AvgIpc) is 2.57. The number of rotatable bonds is 6. The Morgan fingerprint density at radius 2 is 1.75 bits per heavy atom. The zero-order chi connectivity index (χ0) is 17.1. The normalized spacial score (nSPS) is 11.5. The highest BCUT2D eigenvalue weighted by Gasteiger charge is 2.14. The Bertz CT molecular complexity index is 930. The highest BCUT2D eigenvalue weighted by molar-refractivity contribution is 9.10. The molecule has 4 heteroatoms. The molecule has 3 aromatic rings. The average molecular weight is 391 g/mol. The molecule has 0 radical (unpaired) electrons. The van der Waals surface area contributed by atoms with Gasteiger partial charge in [-0.2, -0.15) is 0 Å². The predicted octanol–water partition coefficient (Wildman–Crippen LogP) is 6.36. The van der Waals surface area contributed by atoms with Gasteiger partial charge in [-0.15, -0.1) is 0 Å². The molecule has 126 valence electrons. The molecule has 1 heterocycles. The first-order valence-corrected chi connectivity index (χ1v) is 9.24. The van der Waals surface area contributed by atoms with E-state index < -0.39 is 11.4 Å². The van der Waals surface area contributed by atoms with Gasteiger partial charge in [0.1, 0.15) is 0 Å². The maximum atomic E-state index is 14.8. The molecule has 0 unspecified atom stereocenters. The Hall–Kier alpha value is -1.68. The van der Waals surface area contributed by atoms with Crippen LogP contribution >= 0.6 is 15.9 Å². The van der Waals surface area contributed by atoms with Crippen molar-refractivity contribution in [2.45, 2.75) is 45.4 Å². The third-order valence-corrected chi connectivity index (χ3v) is 4.91. The summed E-state index contributed by atoms with van der Waals surface area (Å²) in [6, 6.07) is 9.06. The minimum Gasteiger partial charge on any atom is -0.419 e. The van der Waals surface area contributed by atoms with Crippen LogP contribution in [-0.4, -0.2) is 0 Å². The molecule has 1 aromatic heterocycles. The van der Waals surface area contributed by atoms with E-state index in [1.807, 2.05) is 24.3 Å². The Balaban J connectivity index is 1.98. The Morgan fingerprint density at radius 3 is 2.54 bits per heavy atom. The fraction of sp³-hybridized carbons (Fsp3) is 0.350. The second-order valence-electron chi connectivity index (χ2n) is 6.16. The van der Waals surface area contributed by atoms with Gasteiger partial charge in [-0.3, -0.25) is 0 Å². The SMILES string of the molecule is CCCCCCCc1ccc2c(oc(=O)c3cc(Br)ccc32)c1F. The third-order valence-electron chi connectivity index (χ3n) is 4.41. The van der Waals surface area contributed by atoms with Crippen LogP contribution in [0.4, 0.5) is 4.39 Å². The lowest BCUT2D eigenvalue weighted by Gasteiger charge is -2.08. The van der Waals surface area contributed by atoms with Crippen molar-refractivity contribution in [3.8, 4) is 0 Å². The van der Waals surface area contributed by atoms with Gasteiger partial charge in [0.2, 0.25) is 0 Å². The molecule has 0 amide bonds. The van der Waals surface area contributed by atoms with Gasteiger partial charge in [-0.1, -0.05) is 66.7 Å². The Kier molecular flexibility index (Phi) is 5.34. The van der Waals surface area contributed by atoms with Gasteiger partial charge in [0.25, 0.3) is 0 Å². The van der Waals surface area contributed by atoms with Crippen LogP contribution in [0.1, 0.15) is 44.6 Å². The van der Waals surface area contributed by atoms with Gasteiger partial charge in [-0.25, -0.2) is 9.18 Å². The number of benzene rings is 2. The lowest BCUT2D eigenvalue weighted by atomic mass is 10.0. The molecule has 0 atom stereocenters. The van der Waals surface area contributed by atoms with Crippen molar-refractivity contribution in [2.75, 3.05) is 0 Å². The van der Waals surface area contributed by atoms with Crippen molar-refractivity contribution in [2.24, 2.45) is 0 Å². The van der Waals surface area contributed by atoms with Crippen molar-refractivity contribution < 1.29 is 8.81 Å². The smallest absolute Gasteiger partial charge is 0.344 e. The molecule has 0 spiro atoms. The highest BCUT2D eigenvalue weighted by Crippen LogP contribution is 2.29. The summed E-state index contributed by atoms with van der Waals surface area (Å²) in [5, 5.41) is 1.82. The number of unbranched alkanes of at least 4 members (excludes halogenated alkanes) is 4. The van der Waals surface area contributed by atoms with Gasteiger partial charge in [-0.05, 0) is 30.5 Å². The van der Waals surface area contributed by atoms with Gasteiger partial charge >= 0.3 is 5.63 Å². The molecular formula is C20H20BrFO2. The van der Waals surface area contributed by atoms with Crippen LogP contribution in [-0.2, 0) is 6.42 Å². The minimum atomic E-state index is -0.502. The monoisotopic (exact) mass is 390 g/mol. The molecule has 2 aromatic carbocycles. The van der Waals surface area contributed by atoms with Crippen LogP contribution in [0.2, 0.25) is 0 Å². The van der Waals surface area contributed by atoms with Crippen LogP contribution in [0, 0.1) is 5.82 Å². The lowest BCUT2D eigenvalue weighted by Crippen LogP contribution is -2.02. The second-order valence-corrected chi connectivity index (χ2v) is 7.07. The number of hydrogen-bond acceptors (Lipinski definition) is 2. The summed E-state index contributed by atoms with van der Waals surface area (Å²) in [5.41, 5.74) is 0.192. The number of aryl methyl sites for hydroxylation is 1. The summed E-state index contributed by atoms with van der Waals surface area (Å²) < 4.78 is 20.9. The van der Waals surface area contributed by atoms with Gasteiger partial charge in [0.05, 0.1) is 5.39 Å². The van der Waals surface area contributed by atoms with Gasteiger partial charge in [0.15, 0.2) is 11.4 Å². The maximum absolute atomic E-state index is 14.8. The van der Waals surface area contributed by atoms with Crippen LogP contribution in [0.3, 0.4) is 0 Å². The van der Waals surface area contributed by atoms with E-state index in [2.05, 4.69) is 22.9 Å². The van der Waals surface area contributed by atoms with Crippen molar-refractivity contribution in [1.82, 2.24) is 0 Å². The van der Waals surface area contributed by atoms with E-state index in [4.69, 9.17) is 4.42 Å². The topological polar surface area (TPSA) is 30.2 Å². The van der Waals surface area contributed by atoms with E-state index in [0.717, 1.165) is 22.7 Å². The molecule has 0 saturated carbocycles. The number of fused-ring (bicyclic) bond motifs is 3. The van der Waals surface area contributed by atoms with Crippen molar-refractivity contribution in [3.05, 3.63) is 56.6 Å². The molecular weight excluding hydrogens is 371 g/mol. The van der Waals surface area contributed by atoms with E-state index >= 15 is 0 Å². The minimum absolute atomic E-state index is 0.0703. The number of hydrogen-bond donors (Lipinski definition) is 0. The molecule has 24 heavy (non-hydrogen) atoms. The first-order valence-electron chi connectivity index (χ1n) is 8.45. The van der Waals surface area contributed by atoms with Crippen LogP contribution in [0.25, 0.3) is 21.7 Å². The van der Waals surface area contributed by atoms with E-state index in [0.29, 0.717) is 22.8 Å². The second kappa shape index (κ2) is 7.47. The molecule has 0 aliphatic rings. The summed E-state index contributed by atoms with van der Waals surface area (Å²) in [4.78, 5) is 12.2. The fourth-order valence-corrected chi connectivity index (χ4v) is 3.45. The molecule has 0 fully saturated rings. The zero-order valence-corrected chi connectivity index (χ0v) is 15.3. The van der Waals surface area contributed by atoms with Gasteiger partial charge in [0, 0.05) is 15.2 Å². The summed E-state index contributed by atoms with van der Waals surface area (Å²) in [7, 11) is 0. The molecule has 0 saturated heterocycles. The summed E-state index contributed by atoms with van der Waals surface area (Å²) in [5.74, 6) is -0.398. The molecule has 3 rings (SSSR count). The van der Waals surface area contributed by atoms with Crippen LogP contribution < -0.4 is 5.63 Å². The summed E-state index contributed by atoms with van der Waals surface area (Å²) in [6.45, 7) is 2.17. The predicted molar refractivity (Wildman–Crippen MR) is 100 cm³/mol. The summed E-state index contributed by atoms with van der Waals surface area (Å²) >= 11 is 3.35. The van der Waals surface area contributed by atoms with E-state index in [1.165, 1.54) is 19.3 Å². The molecule has 2 nitrogen and oxygen atoms in total. The van der Waals surface area contributed by atoms with E-state index in [-0.39, 0.29) is 5.58 Å². The zero-order valence-electron chi connectivity index (χ0n) is 13.7. The van der Waals surface area contributed by atoms with Gasteiger partial charge < -0.3 is 4.42 Å². The van der Waals surface area contributed by atoms with Crippen molar-refractivity contribution in [3.63, 3.8) is 0 Å². The van der Waals surface area contributed by atoms with Crippen LogP contribution in [0.5, 0.6) is 0 Å². The van der Waals surface area contributed by atoms with E-state index in [1.54, 1.807) is 6.07 Å².